The van der Waals surface area contributed by atoms with E-state index in [4.69, 9.17) is 15.0 Å². The third-order valence-corrected chi connectivity index (χ3v) is 3.12. The molecule has 6 nitrogen and oxygen atoms in total. The van der Waals surface area contributed by atoms with Crippen molar-refractivity contribution in [2.75, 3.05) is 7.11 Å². The SMILES string of the molecule is COc1c(Br)cc(-c2noc(CN)n2)c(O)c1C. The predicted octanol–water partition coefficient (Wildman–Crippen LogP) is 1.98. The number of ether oxygens (including phenoxy) is 1. The molecule has 18 heavy (non-hydrogen) atoms. The lowest BCUT2D eigenvalue weighted by atomic mass is 10.1. The third kappa shape index (κ3) is 2.06. The van der Waals surface area contributed by atoms with Crippen molar-refractivity contribution in [3.05, 3.63) is 22.0 Å². The van der Waals surface area contributed by atoms with Crippen LogP contribution in [0.3, 0.4) is 0 Å². The largest absolute Gasteiger partial charge is 0.507 e. The Morgan fingerprint density at radius 2 is 2.28 bits per heavy atom. The zero-order valence-electron chi connectivity index (χ0n) is 9.90. The van der Waals surface area contributed by atoms with Crippen LogP contribution < -0.4 is 10.5 Å². The van der Waals surface area contributed by atoms with Gasteiger partial charge in [-0.15, -0.1) is 0 Å². The van der Waals surface area contributed by atoms with Gasteiger partial charge in [0.05, 0.1) is 23.7 Å². The van der Waals surface area contributed by atoms with Crippen molar-refractivity contribution in [3.8, 4) is 22.9 Å². The molecule has 0 aliphatic heterocycles. The highest BCUT2D eigenvalue weighted by Gasteiger charge is 2.18. The van der Waals surface area contributed by atoms with Gasteiger partial charge in [0, 0.05) is 5.56 Å². The summed E-state index contributed by atoms with van der Waals surface area (Å²) in [6, 6.07) is 1.67. The number of nitrogens with zero attached hydrogens (tertiary/aromatic N) is 2. The van der Waals surface area contributed by atoms with Crippen LogP contribution in [0.2, 0.25) is 0 Å². The van der Waals surface area contributed by atoms with E-state index >= 15 is 0 Å². The molecule has 96 valence electrons. The highest BCUT2D eigenvalue weighted by molar-refractivity contribution is 9.10. The number of aromatic hydroxyl groups is 1. The number of hydrogen-bond donors (Lipinski definition) is 2. The Bertz CT molecular complexity index is 583. The van der Waals surface area contributed by atoms with Gasteiger partial charge in [-0.05, 0) is 28.9 Å². The van der Waals surface area contributed by atoms with E-state index in [2.05, 4.69) is 26.1 Å². The zero-order valence-corrected chi connectivity index (χ0v) is 11.5. The summed E-state index contributed by atoms with van der Waals surface area (Å²) in [5.41, 5.74) is 6.46. The van der Waals surface area contributed by atoms with Crippen molar-refractivity contribution < 1.29 is 14.4 Å². The minimum Gasteiger partial charge on any atom is -0.507 e. The normalized spacial score (nSPS) is 10.7. The average Bonchev–Trinajstić information content (AvgIpc) is 2.83. The van der Waals surface area contributed by atoms with Gasteiger partial charge in [-0.25, -0.2) is 0 Å². The Morgan fingerprint density at radius 3 is 2.83 bits per heavy atom. The fraction of sp³-hybridized carbons (Fsp3) is 0.273. The molecule has 0 spiro atoms. The molecular weight excluding hydrogens is 302 g/mol. The second kappa shape index (κ2) is 4.95. The van der Waals surface area contributed by atoms with Gasteiger partial charge >= 0.3 is 0 Å². The number of methoxy groups -OCH3 is 1. The fourth-order valence-electron chi connectivity index (χ4n) is 1.62. The monoisotopic (exact) mass is 313 g/mol. The zero-order chi connectivity index (χ0) is 13.3. The number of nitrogens with two attached hydrogens (primary N) is 1. The molecule has 0 saturated carbocycles. The van der Waals surface area contributed by atoms with E-state index in [1.54, 1.807) is 13.0 Å². The maximum Gasteiger partial charge on any atom is 0.240 e. The lowest BCUT2D eigenvalue weighted by Gasteiger charge is -2.11. The molecular formula is C11H12BrN3O3. The van der Waals surface area contributed by atoms with Crippen LogP contribution in [-0.2, 0) is 6.54 Å². The number of aromatic nitrogens is 2. The molecule has 0 radical (unpaired) electrons. The van der Waals surface area contributed by atoms with Crippen LogP contribution in [0.4, 0.5) is 0 Å². The van der Waals surface area contributed by atoms with Crippen LogP contribution in [-0.4, -0.2) is 22.4 Å². The summed E-state index contributed by atoms with van der Waals surface area (Å²) in [6.07, 6.45) is 0. The van der Waals surface area contributed by atoms with E-state index < -0.39 is 0 Å². The Labute approximate surface area is 112 Å². The molecule has 0 aliphatic rings. The highest BCUT2D eigenvalue weighted by Crippen LogP contribution is 2.41. The Kier molecular flexibility index (Phi) is 3.53. The summed E-state index contributed by atoms with van der Waals surface area (Å²) in [4.78, 5) is 4.07. The van der Waals surface area contributed by atoms with E-state index in [1.165, 1.54) is 7.11 Å². The first-order valence-corrected chi connectivity index (χ1v) is 5.96. The van der Waals surface area contributed by atoms with Crippen LogP contribution in [0.25, 0.3) is 11.4 Å². The Morgan fingerprint density at radius 1 is 1.56 bits per heavy atom. The number of phenolic OH excluding ortho intramolecular Hbond substituents is 1. The number of hydrogen-bond acceptors (Lipinski definition) is 6. The van der Waals surface area contributed by atoms with Crippen molar-refractivity contribution in [1.29, 1.82) is 0 Å². The lowest BCUT2D eigenvalue weighted by Crippen LogP contribution is -1.96. The smallest absolute Gasteiger partial charge is 0.240 e. The lowest BCUT2D eigenvalue weighted by molar-refractivity contribution is 0.380. The molecule has 0 aliphatic carbocycles. The minimum atomic E-state index is 0.0550. The third-order valence-electron chi connectivity index (χ3n) is 2.53. The Balaban J connectivity index is 2.58. The van der Waals surface area contributed by atoms with Crippen molar-refractivity contribution in [2.45, 2.75) is 13.5 Å². The van der Waals surface area contributed by atoms with Crippen LogP contribution >= 0.6 is 15.9 Å². The first-order valence-electron chi connectivity index (χ1n) is 5.17. The molecule has 0 atom stereocenters. The van der Waals surface area contributed by atoms with E-state index in [0.29, 0.717) is 33.1 Å². The van der Waals surface area contributed by atoms with Crippen molar-refractivity contribution >= 4 is 15.9 Å². The fourth-order valence-corrected chi connectivity index (χ4v) is 2.31. The summed E-state index contributed by atoms with van der Waals surface area (Å²) in [7, 11) is 1.53. The molecule has 2 rings (SSSR count). The van der Waals surface area contributed by atoms with Gasteiger partial charge in [0.25, 0.3) is 0 Å². The number of benzene rings is 1. The van der Waals surface area contributed by atoms with Gasteiger partial charge in [0.1, 0.15) is 11.5 Å². The molecule has 0 unspecified atom stereocenters. The molecule has 1 aromatic carbocycles. The molecule has 2 aromatic rings. The second-order valence-electron chi connectivity index (χ2n) is 3.63. The maximum absolute atomic E-state index is 10.1. The van der Waals surface area contributed by atoms with Crippen LogP contribution in [0.15, 0.2) is 15.1 Å². The minimum absolute atomic E-state index is 0.0550. The van der Waals surface area contributed by atoms with Gasteiger partial charge in [0.15, 0.2) is 0 Å². The van der Waals surface area contributed by atoms with Gasteiger partial charge < -0.3 is 20.1 Å². The van der Waals surface area contributed by atoms with Gasteiger partial charge in [-0.1, -0.05) is 5.16 Å². The molecule has 0 amide bonds. The predicted molar refractivity (Wildman–Crippen MR) is 68.3 cm³/mol. The van der Waals surface area contributed by atoms with E-state index in [-0.39, 0.29) is 12.3 Å². The topological polar surface area (TPSA) is 94.4 Å². The quantitative estimate of drug-likeness (QED) is 0.899. The average molecular weight is 314 g/mol. The number of rotatable bonds is 3. The van der Waals surface area contributed by atoms with Crippen molar-refractivity contribution in [3.63, 3.8) is 0 Å². The number of halogens is 1. The molecule has 7 heteroatoms. The maximum atomic E-state index is 10.1. The van der Waals surface area contributed by atoms with Crippen LogP contribution in [0.1, 0.15) is 11.5 Å². The van der Waals surface area contributed by atoms with E-state index in [0.717, 1.165) is 0 Å². The summed E-state index contributed by atoms with van der Waals surface area (Å²) in [5.74, 6) is 1.23. The summed E-state index contributed by atoms with van der Waals surface area (Å²) in [5, 5.41) is 13.9. The standard InChI is InChI=1S/C11H12BrN3O3/c1-5-9(16)6(3-7(12)10(5)17-2)11-14-8(4-13)18-15-11/h3,16H,4,13H2,1-2H3. The van der Waals surface area contributed by atoms with Crippen molar-refractivity contribution in [2.24, 2.45) is 5.73 Å². The first kappa shape index (κ1) is 12.8. The van der Waals surface area contributed by atoms with Gasteiger partial charge in [0.2, 0.25) is 11.7 Å². The molecule has 0 fully saturated rings. The Hall–Kier alpha value is -1.60. The van der Waals surface area contributed by atoms with E-state index in [1.807, 2.05) is 0 Å². The molecule has 0 bridgehead atoms. The number of phenols is 1. The molecule has 1 aromatic heterocycles. The van der Waals surface area contributed by atoms with E-state index in [9.17, 15) is 5.11 Å². The summed E-state index contributed by atoms with van der Waals surface area (Å²) in [6.45, 7) is 1.90. The molecule has 3 N–H and O–H groups in total. The summed E-state index contributed by atoms with van der Waals surface area (Å²) >= 11 is 3.37. The van der Waals surface area contributed by atoms with Crippen LogP contribution in [0.5, 0.6) is 11.5 Å². The molecule has 0 saturated heterocycles. The first-order chi connectivity index (χ1) is 8.58. The van der Waals surface area contributed by atoms with Crippen LogP contribution in [0, 0.1) is 6.92 Å². The molecule has 1 heterocycles. The van der Waals surface area contributed by atoms with Gasteiger partial charge in [-0.3, -0.25) is 0 Å². The van der Waals surface area contributed by atoms with Crippen molar-refractivity contribution in [1.82, 2.24) is 10.1 Å². The second-order valence-corrected chi connectivity index (χ2v) is 4.48. The van der Waals surface area contributed by atoms with Gasteiger partial charge in [-0.2, -0.15) is 4.98 Å². The summed E-state index contributed by atoms with van der Waals surface area (Å²) < 4.78 is 10.8. The highest BCUT2D eigenvalue weighted by atomic mass is 79.9.